The molecule has 1 aromatic heterocycles. The van der Waals surface area contributed by atoms with E-state index in [1.807, 2.05) is 0 Å². The average molecular weight is 273 g/mol. The predicted molar refractivity (Wildman–Crippen MR) is 66.4 cm³/mol. The summed E-state index contributed by atoms with van der Waals surface area (Å²) >= 11 is 1.24. The Bertz CT molecular complexity index is 421. The first kappa shape index (κ1) is 14.4. The number of carboxylic acids is 1. The van der Waals surface area contributed by atoms with E-state index in [0.29, 0.717) is 24.0 Å². The summed E-state index contributed by atoms with van der Waals surface area (Å²) < 4.78 is 4.76. The maximum absolute atomic E-state index is 11.1. The lowest BCUT2D eigenvalue weighted by Crippen LogP contribution is -2.21. The molecule has 0 saturated heterocycles. The summed E-state index contributed by atoms with van der Waals surface area (Å²) in [5.74, 6) is -1.41. The summed E-state index contributed by atoms with van der Waals surface area (Å²) in [6.45, 7) is 2.48. The maximum atomic E-state index is 11.1. The zero-order chi connectivity index (χ0) is 13.5. The first-order valence-corrected chi connectivity index (χ1v) is 6.25. The summed E-state index contributed by atoms with van der Waals surface area (Å²) in [6, 6.07) is -1.12. The number of carbonyl (C=O) groups excluding carboxylic acids is 1. The number of nitrogens with one attached hydrogen (secondary N) is 1. The Balaban J connectivity index is 2.40. The third kappa shape index (κ3) is 4.30. The maximum Gasteiger partial charge on any atom is 0.326 e. The van der Waals surface area contributed by atoms with Crippen LogP contribution in [0.2, 0.25) is 0 Å². The van der Waals surface area contributed by atoms with Crippen LogP contribution in [0, 0.1) is 0 Å². The predicted octanol–water partition coefficient (Wildman–Crippen LogP) is 0.593. The Morgan fingerprint density at radius 1 is 1.67 bits per heavy atom. The van der Waals surface area contributed by atoms with Crippen LogP contribution in [0.4, 0.5) is 5.13 Å². The van der Waals surface area contributed by atoms with Gasteiger partial charge in [0.1, 0.15) is 6.04 Å². The first-order valence-electron chi connectivity index (χ1n) is 5.38. The van der Waals surface area contributed by atoms with Gasteiger partial charge in [-0.1, -0.05) is 0 Å². The van der Waals surface area contributed by atoms with Crippen LogP contribution in [-0.2, 0) is 14.3 Å². The smallest absolute Gasteiger partial charge is 0.326 e. The van der Waals surface area contributed by atoms with Gasteiger partial charge in [-0.2, -0.15) is 0 Å². The number of anilines is 1. The number of nitrogens with zero attached hydrogens (tertiary/aromatic N) is 1. The number of hydrogen-bond acceptors (Lipinski definition) is 7. The number of thiazole rings is 1. The van der Waals surface area contributed by atoms with E-state index in [9.17, 15) is 9.59 Å². The number of carboxylic acid groups (broad SMARTS) is 1. The van der Waals surface area contributed by atoms with Gasteiger partial charge in [0.15, 0.2) is 5.13 Å². The van der Waals surface area contributed by atoms with Crippen LogP contribution in [0.25, 0.3) is 0 Å². The Labute approximate surface area is 108 Å². The fourth-order valence-electron chi connectivity index (χ4n) is 1.14. The molecule has 0 radical (unpaired) electrons. The zero-order valence-electron chi connectivity index (χ0n) is 9.88. The lowest BCUT2D eigenvalue weighted by Gasteiger charge is -2.03. The Morgan fingerprint density at radius 2 is 2.39 bits per heavy atom. The summed E-state index contributed by atoms with van der Waals surface area (Å²) in [5, 5.41) is 13.7. The minimum atomic E-state index is -1.13. The first-order chi connectivity index (χ1) is 8.54. The van der Waals surface area contributed by atoms with Crippen molar-refractivity contribution < 1.29 is 19.4 Å². The van der Waals surface area contributed by atoms with E-state index in [-0.39, 0.29) is 12.4 Å². The van der Waals surface area contributed by atoms with Crippen molar-refractivity contribution in [1.29, 1.82) is 0 Å². The molecule has 1 heterocycles. The van der Waals surface area contributed by atoms with Crippen molar-refractivity contribution in [1.82, 2.24) is 4.98 Å². The molecule has 1 atom stereocenters. The molecule has 1 unspecified atom stereocenters. The third-order valence-electron chi connectivity index (χ3n) is 2.02. The number of ether oxygens (including phenoxy) is 1. The number of aliphatic carboxylic acids is 1. The van der Waals surface area contributed by atoms with Crippen molar-refractivity contribution in [3.8, 4) is 0 Å². The SMILES string of the molecule is CCOC(=O)CCNc1nc(C(N)C(=O)O)cs1. The number of esters is 1. The molecule has 1 aromatic rings. The van der Waals surface area contributed by atoms with E-state index in [1.54, 1.807) is 12.3 Å². The number of hydrogen-bond donors (Lipinski definition) is 3. The highest BCUT2D eigenvalue weighted by molar-refractivity contribution is 7.13. The van der Waals surface area contributed by atoms with Gasteiger partial charge in [-0.15, -0.1) is 11.3 Å². The fourth-order valence-corrected chi connectivity index (χ4v) is 1.92. The zero-order valence-corrected chi connectivity index (χ0v) is 10.7. The highest BCUT2D eigenvalue weighted by Crippen LogP contribution is 2.19. The van der Waals surface area contributed by atoms with Crippen molar-refractivity contribution in [2.24, 2.45) is 5.73 Å². The van der Waals surface area contributed by atoms with Gasteiger partial charge in [-0.05, 0) is 6.92 Å². The molecule has 0 saturated carbocycles. The van der Waals surface area contributed by atoms with E-state index < -0.39 is 12.0 Å². The second-order valence-electron chi connectivity index (χ2n) is 3.38. The summed E-state index contributed by atoms with van der Waals surface area (Å²) in [7, 11) is 0. The van der Waals surface area contributed by atoms with Gasteiger partial charge >= 0.3 is 11.9 Å². The molecule has 100 valence electrons. The molecule has 8 heteroatoms. The molecule has 0 aliphatic rings. The third-order valence-corrected chi connectivity index (χ3v) is 2.84. The average Bonchev–Trinajstić information content (AvgIpc) is 2.77. The van der Waals surface area contributed by atoms with Gasteiger partial charge in [0.05, 0.1) is 18.7 Å². The highest BCUT2D eigenvalue weighted by atomic mass is 32.1. The molecule has 18 heavy (non-hydrogen) atoms. The highest BCUT2D eigenvalue weighted by Gasteiger charge is 2.17. The summed E-state index contributed by atoms with van der Waals surface area (Å²) in [5.41, 5.74) is 5.71. The van der Waals surface area contributed by atoms with Crippen molar-refractivity contribution in [3.63, 3.8) is 0 Å². The lowest BCUT2D eigenvalue weighted by molar-refractivity contribution is -0.142. The monoisotopic (exact) mass is 273 g/mol. The molecule has 0 aliphatic carbocycles. The van der Waals surface area contributed by atoms with Gasteiger partial charge in [-0.3, -0.25) is 9.59 Å². The van der Waals surface area contributed by atoms with Crippen LogP contribution in [-0.4, -0.2) is 35.2 Å². The van der Waals surface area contributed by atoms with Gasteiger partial charge in [0.25, 0.3) is 0 Å². The molecule has 4 N–H and O–H groups in total. The lowest BCUT2D eigenvalue weighted by atomic mass is 10.2. The van der Waals surface area contributed by atoms with Crippen LogP contribution >= 0.6 is 11.3 Å². The summed E-state index contributed by atoms with van der Waals surface area (Å²) in [4.78, 5) is 25.7. The van der Waals surface area contributed by atoms with E-state index in [4.69, 9.17) is 15.6 Å². The standard InChI is InChI=1S/C10H15N3O4S/c1-2-17-7(14)3-4-12-10-13-6(5-18-10)8(11)9(15)16/h5,8H,2-4,11H2,1H3,(H,12,13)(H,15,16). The van der Waals surface area contributed by atoms with Crippen molar-refractivity contribution >= 4 is 28.4 Å². The minimum absolute atomic E-state index is 0.230. The minimum Gasteiger partial charge on any atom is -0.480 e. The molecule has 0 amide bonds. The van der Waals surface area contributed by atoms with Crippen LogP contribution in [0.1, 0.15) is 25.1 Å². The molecular formula is C10H15N3O4S. The molecule has 0 aliphatic heterocycles. The van der Waals surface area contributed by atoms with Gasteiger partial charge in [0.2, 0.25) is 0 Å². The normalized spacial score (nSPS) is 11.9. The van der Waals surface area contributed by atoms with E-state index in [1.165, 1.54) is 11.3 Å². The molecule has 0 bridgehead atoms. The Morgan fingerprint density at radius 3 is 3.00 bits per heavy atom. The van der Waals surface area contributed by atoms with Crippen molar-refractivity contribution in [2.75, 3.05) is 18.5 Å². The van der Waals surface area contributed by atoms with Gasteiger partial charge in [0, 0.05) is 11.9 Å². The second-order valence-corrected chi connectivity index (χ2v) is 4.23. The van der Waals surface area contributed by atoms with Crippen LogP contribution in [0.3, 0.4) is 0 Å². The molecular weight excluding hydrogens is 258 g/mol. The molecule has 0 spiro atoms. The van der Waals surface area contributed by atoms with E-state index in [2.05, 4.69) is 10.3 Å². The fraction of sp³-hybridized carbons (Fsp3) is 0.500. The van der Waals surface area contributed by atoms with E-state index in [0.717, 1.165) is 0 Å². The Hall–Kier alpha value is -1.67. The van der Waals surface area contributed by atoms with Crippen LogP contribution in [0.15, 0.2) is 5.38 Å². The van der Waals surface area contributed by atoms with Crippen molar-refractivity contribution in [2.45, 2.75) is 19.4 Å². The quantitative estimate of drug-likeness (QED) is 0.623. The second kappa shape index (κ2) is 6.92. The van der Waals surface area contributed by atoms with Crippen molar-refractivity contribution in [3.05, 3.63) is 11.1 Å². The molecule has 0 fully saturated rings. The number of carbonyl (C=O) groups is 2. The summed E-state index contributed by atoms with van der Waals surface area (Å²) in [6.07, 6.45) is 0.230. The topological polar surface area (TPSA) is 115 Å². The molecule has 7 nitrogen and oxygen atoms in total. The van der Waals surface area contributed by atoms with Gasteiger partial charge in [-0.25, -0.2) is 4.98 Å². The number of nitrogens with two attached hydrogens (primary N) is 1. The Kier molecular flexibility index (Phi) is 5.53. The largest absolute Gasteiger partial charge is 0.480 e. The number of aromatic nitrogens is 1. The molecule has 1 rings (SSSR count). The van der Waals surface area contributed by atoms with Crippen LogP contribution in [0.5, 0.6) is 0 Å². The van der Waals surface area contributed by atoms with Gasteiger partial charge < -0.3 is 20.9 Å². The number of rotatable bonds is 7. The molecule has 0 aromatic carbocycles. The van der Waals surface area contributed by atoms with Crippen LogP contribution < -0.4 is 11.1 Å². The van der Waals surface area contributed by atoms with E-state index >= 15 is 0 Å².